The third-order valence-corrected chi connectivity index (χ3v) is 6.00. The van der Waals surface area contributed by atoms with E-state index in [9.17, 15) is 4.79 Å². The first-order valence-corrected chi connectivity index (χ1v) is 11.3. The third-order valence-electron chi connectivity index (χ3n) is 4.41. The van der Waals surface area contributed by atoms with Crippen molar-refractivity contribution in [1.29, 1.82) is 0 Å². The molecule has 0 fully saturated rings. The lowest BCUT2D eigenvalue weighted by atomic mass is 10.1. The maximum absolute atomic E-state index is 12.7. The van der Waals surface area contributed by atoms with Gasteiger partial charge in [-0.3, -0.25) is 10.1 Å². The molecule has 0 atom stereocenters. The number of hydrogen-bond acceptors (Lipinski definition) is 5. The van der Waals surface area contributed by atoms with Crippen molar-refractivity contribution in [2.45, 2.75) is 33.1 Å². The van der Waals surface area contributed by atoms with Gasteiger partial charge >= 0.3 is 0 Å². The lowest BCUT2D eigenvalue weighted by molar-refractivity contribution is 0.0974. The Morgan fingerprint density at radius 1 is 1.31 bits per heavy atom. The zero-order chi connectivity index (χ0) is 21.0. The Morgan fingerprint density at radius 3 is 2.83 bits per heavy atom. The number of thiocarbonyl (C=S) groups is 1. The van der Waals surface area contributed by atoms with Crippen molar-refractivity contribution in [1.82, 2.24) is 10.3 Å². The summed E-state index contributed by atoms with van der Waals surface area (Å²) in [6, 6.07) is 9.91. The lowest BCUT2D eigenvalue weighted by Gasteiger charge is -2.13. The first kappa shape index (κ1) is 21.7. The zero-order valence-corrected chi connectivity index (χ0v) is 19.7. The van der Waals surface area contributed by atoms with Crippen molar-refractivity contribution >= 4 is 65.9 Å². The average Bonchev–Trinajstić information content (AvgIpc) is 3.06. The molecule has 8 heteroatoms. The molecule has 0 spiro atoms. The molecule has 2 aromatic carbocycles. The molecule has 2 N–H and O–H groups in total. The number of benzene rings is 2. The van der Waals surface area contributed by atoms with Crippen LogP contribution in [-0.2, 0) is 6.42 Å². The summed E-state index contributed by atoms with van der Waals surface area (Å²) in [5.41, 5.74) is 3.49. The molecule has 3 rings (SSSR count). The quantitative estimate of drug-likeness (QED) is 0.423. The van der Waals surface area contributed by atoms with E-state index in [0.29, 0.717) is 16.4 Å². The highest BCUT2D eigenvalue weighted by Gasteiger charge is 2.17. The molecule has 1 heterocycles. The Labute approximate surface area is 188 Å². The smallest absolute Gasteiger partial charge is 0.261 e. The van der Waals surface area contributed by atoms with Crippen LogP contribution in [0.15, 0.2) is 34.8 Å². The number of ether oxygens (including phenoxy) is 1. The average molecular weight is 492 g/mol. The minimum Gasteiger partial charge on any atom is -0.496 e. The highest BCUT2D eigenvalue weighted by molar-refractivity contribution is 9.10. The predicted octanol–water partition coefficient (Wildman–Crippen LogP) is 5.85. The fraction of sp³-hybridized carbons (Fsp3) is 0.286. The number of carbonyl (C=O) groups excluding carboxylic acids is 1. The zero-order valence-electron chi connectivity index (χ0n) is 16.5. The number of thiazole rings is 1. The van der Waals surface area contributed by atoms with Crippen molar-refractivity contribution in [3.8, 4) is 5.75 Å². The number of rotatable bonds is 6. The molecule has 0 aliphatic heterocycles. The van der Waals surface area contributed by atoms with Crippen LogP contribution >= 0.6 is 39.5 Å². The van der Waals surface area contributed by atoms with Gasteiger partial charge in [-0.1, -0.05) is 46.7 Å². The number of aryl methyl sites for hydroxylation is 2. The van der Waals surface area contributed by atoms with Crippen LogP contribution in [0.3, 0.4) is 0 Å². The van der Waals surface area contributed by atoms with E-state index in [1.165, 1.54) is 29.7 Å². The number of carbonyl (C=O) groups is 1. The van der Waals surface area contributed by atoms with E-state index in [0.717, 1.165) is 26.7 Å². The molecule has 152 valence electrons. The molecule has 0 unspecified atom stereocenters. The van der Waals surface area contributed by atoms with Crippen LogP contribution in [0.5, 0.6) is 5.75 Å². The number of halogens is 1. The molecule has 1 aromatic heterocycles. The molecule has 0 bridgehead atoms. The molecular weight excluding hydrogens is 470 g/mol. The van der Waals surface area contributed by atoms with Gasteiger partial charge in [0, 0.05) is 4.47 Å². The van der Waals surface area contributed by atoms with Crippen LogP contribution < -0.4 is 15.4 Å². The van der Waals surface area contributed by atoms with Gasteiger partial charge < -0.3 is 10.1 Å². The fourth-order valence-corrected chi connectivity index (χ4v) is 4.79. The highest BCUT2D eigenvalue weighted by atomic mass is 79.9. The lowest BCUT2D eigenvalue weighted by Crippen LogP contribution is -2.34. The Kier molecular flexibility index (Phi) is 7.21. The molecule has 5 nitrogen and oxygen atoms in total. The van der Waals surface area contributed by atoms with Gasteiger partial charge in [0.05, 0.1) is 22.9 Å². The number of fused-ring (bicyclic) bond motifs is 1. The van der Waals surface area contributed by atoms with Gasteiger partial charge in [0.15, 0.2) is 10.2 Å². The topological polar surface area (TPSA) is 63.2 Å². The summed E-state index contributed by atoms with van der Waals surface area (Å²) in [5.74, 6) is 0.180. The molecule has 1 amide bonds. The van der Waals surface area contributed by atoms with E-state index in [2.05, 4.69) is 50.6 Å². The summed E-state index contributed by atoms with van der Waals surface area (Å²) in [4.78, 5) is 17.2. The number of nitrogens with one attached hydrogen (secondary N) is 2. The van der Waals surface area contributed by atoms with Crippen LogP contribution in [0.1, 0.15) is 41.3 Å². The maximum Gasteiger partial charge on any atom is 0.261 e. The number of anilines is 1. The Hall–Kier alpha value is -2.03. The first-order valence-electron chi connectivity index (χ1n) is 9.27. The fourth-order valence-electron chi connectivity index (χ4n) is 3.03. The summed E-state index contributed by atoms with van der Waals surface area (Å²) < 4.78 is 7.27. The summed E-state index contributed by atoms with van der Waals surface area (Å²) >= 11 is 10.2. The molecular formula is C21H22BrN3O2S2. The summed E-state index contributed by atoms with van der Waals surface area (Å²) in [7, 11) is 1.54. The van der Waals surface area contributed by atoms with Crippen LogP contribution in [-0.4, -0.2) is 23.1 Å². The van der Waals surface area contributed by atoms with Crippen molar-refractivity contribution in [3.63, 3.8) is 0 Å². The SMILES string of the molecule is CCCCc1ccc2nc(NC(=S)NC(=O)c3cc(Br)cc(C)c3OC)sc2c1. The highest BCUT2D eigenvalue weighted by Crippen LogP contribution is 2.29. The van der Waals surface area contributed by atoms with E-state index in [1.54, 1.807) is 13.2 Å². The van der Waals surface area contributed by atoms with Crippen LogP contribution in [0, 0.1) is 6.92 Å². The molecule has 0 aliphatic carbocycles. The van der Waals surface area contributed by atoms with E-state index < -0.39 is 0 Å². The first-order chi connectivity index (χ1) is 13.9. The van der Waals surface area contributed by atoms with E-state index in [4.69, 9.17) is 17.0 Å². The normalized spacial score (nSPS) is 10.8. The largest absolute Gasteiger partial charge is 0.496 e. The molecule has 0 saturated heterocycles. The minimum atomic E-state index is -0.341. The number of methoxy groups -OCH3 is 1. The van der Waals surface area contributed by atoms with Crippen molar-refractivity contribution in [2.24, 2.45) is 0 Å². The van der Waals surface area contributed by atoms with Crippen LogP contribution in [0.25, 0.3) is 10.2 Å². The van der Waals surface area contributed by atoms with E-state index >= 15 is 0 Å². The molecule has 0 saturated carbocycles. The van der Waals surface area contributed by atoms with Gasteiger partial charge in [0.1, 0.15) is 5.75 Å². The van der Waals surface area contributed by atoms with Crippen molar-refractivity contribution < 1.29 is 9.53 Å². The van der Waals surface area contributed by atoms with Gasteiger partial charge in [-0.25, -0.2) is 4.98 Å². The predicted molar refractivity (Wildman–Crippen MR) is 127 cm³/mol. The molecule has 0 aliphatic rings. The summed E-state index contributed by atoms with van der Waals surface area (Å²) in [5, 5.41) is 6.56. The van der Waals surface area contributed by atoms with Crippen LogP contribution in [0.2, 0.25) is 0 Å². The number of hydrogen-bond donors (Lipinski definition) is 2. The second-order valence-electron chi connectivity index (χ2n) is 6.64. The van der Waals surface area contributed by atoms with Crippen LogP contribution in [0.4, 0.5) is 5.13 Å². The monoisotopic (exact) mass is 491 g/mol. The van der Waals surface area contributed by atoms with E-state index in [-0.39, 0.29) is 11.0 Å². The Morgan fingerprint density at radius 2 is 2.10 bits per heavy atom. The maximum atomic E-state index is 12.7. The Bertz CT molecular complexity index is 1070. The summed E-state index contributed by atoms with van der Waals surface area (Å²) in [6.07, 6.45) is 3.41. The number of amides is 1. The third kappa shape index (κ3) is 5.32. The number of unbranched alkanes of at least 4 members (excludes halogenated alkanes) is 1. The Balaban J connectivity index is 1.71. The molecule has 0 radical (unpaired) electrons. The molecule has 29 heavy (non-hydrogen) atoms. The van der Waals surface area contributed by atoms with Gasteiger partial charge in [0.25, 0.3) is 5.91 Å². The second-order valence-corrected chi connectivity index (χ2v) is 8.99. The molecule has 3 aromatic rings. The number of aromatic nitrogens is 1. The minimum absolute atomic E-state index is 0.194. The number of nitrogens with zero attached hydrogens (tertiary/aromatic N) is 1. The van der Waals surface area contributed by atoms with Crippen molar-refractivity contribution in [3.05, 3.63) is 51.5 Å². The van der Waals surface area contributed by atoms with Gasteiger partial charge in [-0.05, 0) is 67.4 Å². The summed E-state index contributed by atoms with van der Waals surface area (Å²) in [6.45, 7) is 4.07. The van der Waals surface area contributed by atoms with E-state index in [1.807, 2.05) is 19.1 Å². The standard InChI is InChI=1S/C21H22BrN3O2S2/c1-4-5-6-13-7-8-16-17(10-13)29-21(23-16)25-20(28)24-19(26)15-11-14(22)9-12(2)18(15)27-3/h7-11H,4-6H2,1-3H3,(H2,23,24,25,26,28). The van der Waals surface area contributed by atoms with Gasteiger partial charge in [0.2, 0.25) is 0 Å². The van der Waals surface area contributed by atoms with Crippen molar-refractivity contribution in [2.75, 3.05) is 12.4 Å². The van der Waals surface area contributed by atoms with Gasteiger partial charge in [-0.15, -0.1) is 0 Å². The second kappa shape index (κ2) is 9.65. The van der Waals surface area contributed by atoms with Gasteiger partial charge in [-0.2, -0.15) is 0 Å².